The van der Waals surface area contributed by atoms with Crippen LogP contribution in [0.3, 0.4) is 0 Å². The molecule has 2 aromatic rings. The molecule has 1 heterocycles. The minimum absolute atomic E-state index is 0.154. The van der Waals surface area contributed by atoms with Gasteiger partial charge in [-0.2, -0.15) is 5.10 Å². The predicted octanol–water partition coefficient (Wildman–Crippen LogP) is 3.49. The van der Waals surface area contributed by atoms with E-state index in [1.807, 2.05) is 11.6 Å². The molecule has 2 rings (SSSR count). The molecule has 21 heavy (non-hydrogen) atoms. The van der Waals surface area contributed by atoms with Crippen molar-refractivity contribution in [1.29, 1.82) is 0 Å². The smallest absolute Gasteiger partial charge is 0.141 e. The van der Waals surface area contributed by atoms with E-state index >= 15 is 0 Å². The Bertz CT molecular complexity index is 622. The van der Waals surface area contributed by atoms with Gasteiger partial charge in [-0.1, -0.05) is 24.6 Å². The molecular weight excluding hydrogens is 289 g/mol. The molecular formula is C16H21ClFN3. The van der Waals surface area contributed by atoms with E-state index < -0.39 is 0 Å². The molecule has 114 valence electrons. The molecule has 0 saturated heterocycles. The summed E-state index contributed by atoms with van der Waals surface area (Å²) < 4.78 is 15.2. The molecule has 0 fully saturated rings. The summed E-state index contributed by atoms with van der Waals surface area (Å²) in [5.74, 6) is -0.389. The van der Waals surface area contributed by atoms with Gasteiger partial charge in [0.1, 0.15) is 5.82 Å². The zero-order valence-corrected chi connectivity index (χ0v) is 13.5. The van der Waals surface area contributed by atoms with Crippen molar-refractivity contribution in [2.75, 3.05) is 13.1 Å². The lowest BCUT2D eigenvalue weighted by Gasteiger charge is -2.07. The van der Waals surface area contributed by atoms with Gasteiger partial charge in [-0.25, -0.2) is 4.39 Å². The summed E-state index contributed by atoms with van der Waals surface area (Å²) in [5.41, 5.74) is 4.44. The van der Waals surface area contributed by atoms with Crippen molar-refractivity contribution in [3.63, 3.8) is 0 Å². The van der Waals surface area contributed by atoms with E-state index in [2.05, 4.69) is 24.3 Å². The maximum absolute atomic E-state index is 13.2. The van der Waals surface area contributed by atoms with Crippen LogP contribution in [-0.4, -0.2) is 22.9 Å². The van der Waals surface area contributed by atoms with E-state index in [0.717, 1.165) is 36.5 Å². The lowest BCUT2D eigenvalue weighted by Crippen LogP contribution is -2.16. The number of halogens is 2. The van der Waals surface area contributed by atoms with Gasteiger partial charge >= 0.3 is 0 Å². The summed E-state index contributed by atoms with van der Waals surface area (Å²) in [6.45, 7) is 8.73. The van der Waals surface area contributed by atoms with Crippen LogP contribution < -0.4 is 5.32 Å². The lowest BCUT2D eigenvalue weighted by molar-refractivity contribution is 0.622. The number of hydrogen-bond donors (Lipinski definition) is 1. The topological polar surface area (TPSA) is 29.9 Å². The maximum atomic E-state index is 13.2. The molecule has 0 amide bonds. The fourth-order valence-electron chi connectivity index (χ4n) is 2.45. The van der Waals surface area contributed by atoms with Crippen molar-refractivity contribution < 1.29 is 4.39 Å². The number of aromatic nitrogens is 2. The van der Waals surface area contributed by atoms with Crippen LogP contribution in [0.5, 0.6) is 0 Å². The summed E-state index contributed by atoms with van der Waals surface area (Å²) in [7, 11) is 0. The van der Waals surface area contributed by atoms with Crippen LogP contribution in [0.4, 0.5) is 4.39 Å². The van der Waals surface area contributed by atoms with Gasteiger partial charge in [-0.15, -0.1) is 0 Å². The third-order valence-electron chi connectivity index (χ3n) is 3.65. The first-order valence-corrected chi connectivity index (χ1v) is 7.58. The molecule has 5 heteroatoms. The third kappa shape index (κ3) is 3.83. The summed E-state index contributed by atoms with van der Waals surface area (Å²) in [6.07, 6.45) is 0.968. The molecule has 1 aromatic carbocycles. The SMILES string of the molecule is CCNCCc1c(C)nn(Cc2ccc(F)c(Cl)c2)c1C. The first-order chi connectivity index (χ1) is 10.0. The molecule has 0 unspecified atom stereocenters. The third-order valence-corrected chi connectivity index (χ3v) is 3.94. The Balaban J connectivity index is 2.16. The van der Waals surface area contributed by atoms with Crippen LogP contribution in [0.1, 0.15) is 29.4 Å². The van der Waals surface area contributed by atoms with E-state index in [9.17, 15) is 4.39 Å². The minimum atomic E-state index is -0.389. The predicted molar refractivity (Wildman–Crippen MR) is 84.5 cm³/mol. The Kier molecular flexibility index (Phi) is 5.37. The minimum Gasteiger partial charge on any atom is -0.317 e. The van der Waals surface area contributed by atoms with Crippen molar-refractivity contribution in [2.45, 2.75) is 33.7 Å². The first-order valence-electron chi connectivity index (χ1n) is 7.20. The number of nitrogens with zero attached hydrogens (tertiary/aromatic N) is 2. The van der Waals surface area contributed by atoms with Gasteiger partial charge in [-0.05, 0) is 56.6 Å². The number of nitrogens with one attached hydrogen (secondary N) is 1. The molecule has 0 saturated carbocycles. The number of benzene rings is 1. The number of hydrogen-bond acceptors (Lipinski definition) is 2. The van der Waals surface area contributed by atoms with Crippen LogP contribution >= 0.6 is 11.6 Å². The molecule has 0 aliphatic carbocycles. The lowest BCUT2D eigenvalue weighted by atomic mass is 10.1. The van der Waals surface area contributed by atoms with Crippen molar-refractivity contribution in [3.8, 4) is 0 Å². The fraction of sp³-hybridized carbons (Fsp3) is 0.438. The summed E-state index contributed by atoms with van der Waals surface area (Å²) >= 11 is 5.83. The molecule has 0 aliphatic rings. The van der Waals surface area contributed by atoms with Crippen molar-refractivity contribution in [2.24, 2.45) is 0 Å². The highest BCUT2D eigenvalue weighted by Gasteiger charge is 2.12. The van der Waals surface area contributed by atoms with Gasteiger partial charge < -0.3 is 5.32 Å². The van der Waals surface area contributed by atoms with Crippen LogP contribution in [0.2, 0.25) is 5.02 Å². The summed E-state index contributed by atoms with van der Waals surface area (Å²) in [5, 5.41) is 8.07. The zero-order valence-electron chi connectivity index (χ0n) is 12.7. The first kappa shape index (κ1) is 16.0. The van der Waals surface area contributed by atoms with Gasteiger partial charge in [-0.3, -0.25) is 4.68 Å². The van der Waals surface area contributed by atoms with Crippen molar-refractivity contribution >= 4 is 11.6 Å². The van der Waals surface area contributed by atoms with Crippen LogP contribution in [0.25, 0.3) is 0 Å². The average Bonchev–Trinajstić information content (AvgIpc) is 2.70. The Morgan fingerprint density at radius 3 is 2.76 bits per heavy atom. The van der Waals surface area contributed by atoms with Crippen molar-refractivity contribution in [3.05, 3.63) is 51.6 Å². The molecule has 0 aliphatic heterocycles. The number of likely N-dealkylation sites (N-methyl/N-ethyl adjacent to an activating group) is 1. The fourth-order valence-corrected chi connectivity index (χ4v) is 2.65. The van der Waals surface area contributed by atoms with Crippen LogP contribution in [0, 0.1) is 19.7 Å². The monoisotopic (exact) mass is 309 g/mol. The molecule has 0 bridgehead atoms. The second kappa shape index (κ2) is 7.05. The molecule has 0 spiro atoms. The normalized spacial score (nSPS) is 11.1. The molecule has 1 aromatic heterocycles. The van der Waals surface area contributed by atoms with Gasteiger partial charge in [0.2, 0.25) is 0 Å². The Morgan fingerprint density at radius 2 is 2.10 bits per heavy atom. The summed E-state index contributed by atoms with van der Waals surface area (Å²) in [6, 6.07) is 4.80. The van der Waals surface area contributed by atoms with E-state index in [-0.39, 0.29) is 10.8 Å². The van der Waals surface area contributed by atoms with Gasteiger partial charge in [0.05, 0.1) is 17.3 Å². The second-order valence-corrected chi connectivity index (χ2v) is 5.57. The number of aryl methyl sites for hydroxylation is 1. The highest BCUT2D eigenvalue weighted by Crippen LogP contribution is 2.19. The standard InChI is InChI=1S/C16H21ClFN3/c1-4-19-8-7-14-11(2)20-21(12(14)3)10-13-5-6-16(18)15(17)9-13/h5-6,9,19H,4,7-8,10H2,1-3H3. The second-order valence-electron chi connectivity index (χ2n) is 5.16. The van der Waals surface area contributed by atoms with E-state index in [1.54, 1.807) is 12.1 Å². The van der Waals surface area contributed by atoms with E-state index in [1.165, 1.54) is 11.6 Å². The van der Waals surface area contributed by atoms with Crippen molar-refractivity contribution in [1.82, 2.24) is 15.1 Å². The Labute approximate surface area is 130 Å². The van der Waals surface area contributed by atoms with Gasteiger partial charge in [0, 0.05) is 5.69 Å². The maximum Gasteiger partial charge on any atom is 0.141 e. The largest absolute Gasteiger partial charge is 0.317 e. The van der Waals surface area contributed by atoms with Gasteiger partial charge in [0.25, 0.3) is 0 Å². The Hall–Kier alpha value is -1.39. The molecule has 3 nitrogen and oxygen atoms in total. The average molecular weight is 310 g/mol. The Morgan fingerprint density at radius 1 is 1.33 bits per heavy atom. The van der Waals surface area contributed by atoms with Crippen LogP contribution in [0.15, 0.2) is 18.2 Å². The highest BCUT2D eigenvalue weighted by molar-refractivity contribution is 6.30. The van der Waals surface area contributed by atoms with Crippen LogP contribution in [-0.2, 0) is 13.0 Å². The van der Waals surface area contributed by atoms with Gasteiger partial charge in [0.15, 0.2) is 0 Å². The zero-order chi connectivity index (χ0) is 15.4. The van der Waals surface area contributed by atoms with E-state index in [4.69, 9.17) is 11.6 Å². The summed E-state index contributed by atoms with van der Waals surface area (Å²) in [4.78, 5) is 0. The quantitative estimate of drug-likeness (QED) is 0.828. The molecule has 1 N–H and O–H groups in total. The van der Waals surface area contributed by atoms with E-state index in [0.29, 0.717) is 6.54 Å². The molecule has 0 radical (unpaired) electrons. The molecule has 0 atom stereocenters. The highest BCUT2D eigenvalue weighted by atomic mass is 35.5. The number of rotatable bonds is 6.